The monoisotopic (exact) mass is 524 g/mol. The fourth-order valence-corrected chi connectivity index (χ4v) is 4.35. The molecule has 2 aromatic rings. The molecule has 1 aliphatic heterocycles. The summed E-state index contributed by atoms with van der Waals surface area (Å²) in [6.45, 7) is 3.73. The SMILES string of the molecule is C=CC(=O)N1CCN(C(=O)CNc2cc(-c3cc(Cl)ccc3Cl)c(Cl)cc2OC)C(C(N)=O)C1. The number of carbonyl (C=O) groups excluding carboxylic acids is 3. The van der Waals surface area contributed by atoms with Gasteiger partial charge in [0.1, 0.15) is 11.8 Å². The molecule has 0 saturated carbocycles. The molecule has 0 aromatic heterocycles. The van der Waals surface area contributed by atoms with Crippen LogP contribution in [0.25, 0.3) is 11.1 Å². The fourth-order valence-electron chi connectivity index (χ4n) is 3.70. The van der Waals surface area contributed by atoms with E-state index in [0.717, 1.165) is 6.08 Å². The molecule has 180 valence electrons. The lowest BCUT2D eigenvalue weighted by molar-refractivity contribution is -0.144. The highest BCUT2D eigenvalue weighted by Gasteiger charge is 2.35. The van der Waals surface area contributed by atoms with Gasteiger partial charge in [0.25, 0.3) is 0 Å². The third kappa shape index (κ3) is 5.58. The average Bonchev–Trinajstić information content (AvgIpc) is 2.83. The quantitative estimate of drug-likeness (QED) is 0.539. The Bertz CT molecular complexity index is 1140. The molecule has 3 amide bonds. The van der Waals surface area contributed by atoms with Crippen molar-refractivity contribution in [2.24, 2.45) is 5.73 Å². The Labute approximate surface area is 212 Å². The van der Waals surface area contributed by atoms with Crippen molar-refractivity contribution in [3.8, 4) is 16.9 Å². The second kappa shape index (κ2) is 11.0. The predicted molar refractivity (Wildman–Crippen MR) is 133 cm³/mol. The van der Waals surface area contributed by atoms with E-state index >= 15 is 0 Å². The number of halogens is 3. The largest absolute Gasteiger partial charge is 0.495 e. The number of piperazine rings is 1. The zero-order valence-corrected chi connectivity index (χ0v) is 20.6. The number of nitrogens with two attached hydrogens (primary N) is 1. The first-order valence-electron chi connectivity index (χ1n) is 10.2. The van der Waals surface area contributed by atoms with Gasteiger partial charge < -0.3 is 25.6 Å². The van der Waals surface area contributed by atoms with E-state index in [9.17, 15) is 14.4 Å². The van der Waals surface area contributed by atoms with Gasteiger partial charge in [-0.05, 0) is 30.3 Å². The number of amides is 3. The molecule has 0 radical (unpaired) electrons. The van der Waals surface area contributed by atoms with E-state index in [4.69, 9.17) is 45.3 Å². The van der Waals surface area contributed by atoms with E-state index in [0.29, 0.717) is 37.6 Å². The molecule has 1 fully saturated rings. The lowest BCUT2D eigenvalue weighted by Gasteiger charge is -2.39. The Balaban J connectivity index is 1.82. The van der Waals surface area contributed by atoms with Crippen molar-refractivity contribution in [3.63, 3.8) is 0 Å². The number of methoxy groups -OCH3 is 1. The zero-order chi connectivity index (χ0) is 25.0. The number of benzene rings is 2. The van der Waals surface area contributed by atoms with Crippen LogP contribution in [0.1, 0.15) is 0 Å². The van der Waals surface area contributed by atoms with Crippen LogP contribution in [-0.2, 0) is 14.4 Å². The molecule has 0 bridgehead atoms. The minimum absolute atomic E-state index is 0.00755. The van der Waals surface area contributed by atoms with Crippen molar-refractivity contribution in [3.05, 3.63) is 58.1 Å². The maximum atomic E-state index is 13.0. The van der Waals surface area contributed by atoms with Crippen LogP contribution < -0.4 is 15.8 Å². The first-order chi connectivity index (χ1) is 16.2. The van der Waals surface area contributed by atoms with Crippen molar-refractivity contribution < 1.29 is 19.1 Å². The molecule has 1 heterocycles. The van der Waals surface area contributed by atoms with Crippen LogP contribution in [-0.4, -0.2) is 66.9 Å². The van der Waals surface area contributed by atoms with Gasteiger partial charge in [0.05, 0.1) is 30.9 Å². The molecule has 1 atom stereocenters. The summed E-state index contributed by atoms with van der Waals surface area (Å²) in [6.07, 6.45) is 1.16. The van der Waals surface area contributed by atoms with E-state index in [1.54, 1.807) is 30.3 Å². The van der Waals surface area contributed by atoms with Crippen LogP contribution in [0.15, 0.2) is 43.0 Å². The van der Waals surface area contributed by atoms with Crippen LogP contribution >= 0.6 is 34.8 Å². The predicted octanol–water partition coefficient (Wildman–Crippen LogP) is 3.45. The van der Waals surface area contributed by atoms with Crippen LogP contribution in [0.3, 0.4) is 0 Å². The summed E-state index contributed by atoms with van der Waals surface area (Å²) in [7, 11) is 1.48. The second-order valence-electron chi connectivity index (χ2n) is 7.50. The minimum atomic E-state index is -0.945. The molecule has 34 heavy (non-hydrogen) atoms. The van der Waals surface area contributed by atoms with Gasteiger partial charge in [-0.3, -0.25) is 14.4 Å². The first-order valence-corrected chi connectivity index (χ1v) is 11.4. The summed E-state index contributed by atoms with van der Waals surface area (Å²) in [5.41, 5.74) is 7.21. The number of nitrogens with zero attached hydrogens (tertiary/aromatic N) is 2. The summed E-state index contributed by atoms with van der Waals surface area (Å²) in [4.78, 5) is 39.7. The second-order valence-corrected chi connectivity index (χ2v) is 8.75. The van der Waals surface area contributed by atoms with E-state index in [-0.39, 0.29) is 38.0 Å². The van der Waals surface area contributed by atoms with Gasteiger partial charge in [-0.1, -0.05) is 41.4 Å². The number of hydrogen-bond acceptors (Lipinski definition) is 5. The number of primary amides is 1. The molecule has 8 nitrogen and oxygen atoms in total. The number of nitrogens with one attached hydrogen (secondary N) is 1. The van der Waals surface area contributed by atoms with Crippen molar-refractivity contribution in [2.75, 3.05) is 38.6 Å². The normalized spacial score (nSPS) is 15.6. The van der Waals surface area contributed by atoms with Crippen LogP contribution in [0.2, 0.25) is 15.1 Å². The van der Waals surface area contributed by atoms with Crippen LogP contribution in [0.4, 0.5) is 5.69 Å². The van der Waals surface area contributed by atoms with Gasteiger partial charge in [-0.25, -0.2) is 0 Å². The average molecular weight is 526 g/mol. The number of rotatable bonds is 7. The number of hydrogen-bond donors (Lipinski definition) is 2. The maximum Gasteiger partial charge on any atom is 0.246 e. The zero-order valence-electron chi connectivity index (χ0n) is 18.3. The van der Waals surface area contributed by atoms with E-state index in [1.807, 2.05) is 0 Å². The molecule has 1 unspecified atom stereocenters. The van der Waals surface area contributed by atoms with Crippen molar-refractivity contribution in [1.82, 2.24) is 9.80 Å². The lowest BCUT2D eigenvalue weighted by atomic mass is 10.0. The van der Waals surface area contributed by atoms with Gasteiger partial charge in [0, 0.05) is 40.3 Å². The Morgan fingerprint density at radius 3 is 2.50 bits per heavy atom. The van der Waals surface area contributed by atoms with Crippen molar-refractivity contribution in [1.29, 1.82) is 0 Å². The highest BCUT2D eigenvalue weighted by Crippen LogP contribution is 2.40. The first kappa shape index (κ1) is 25.7. The molecular formula is C23H23Cl3N4O4. The van der Waals surface area contributed by atoms with Crippen LogP contribution in [0, 0.1) is 0 Å². The molecule has 3 N–H and O–H groups in total. The van der Waals surface area contributed by atoms with Gasteiger partial charge in [0.2, 0.25) is 17.7 Å². The number of ether oxygens (including phenoxy) is 1. The molecule has 1 aliphatic rings. The van der Waals surface area contributed by atoms with Gasteiger partial charge in [0.15, 0.2) is 0 Å². The van der Waals surface area contributed by atoms with E-state index < -0.39 is 11.9 Å². The maximum absolute atomic E-state index is 13.0. The fraction of sp³-hybridized carbons (Fsp3) is 0.261. The Morgan fingerprint density at radius 1 is 1.15 bits per heavy atom. The summed E-state index contributed by atoms with van der Waals surface area (Å²) >= 11 is 18.9. The Morgan fingerprint density at radius 2 is 1.85 bits per heavy atom. The van der Waals surface area contributed by atoms with Crippen molar-refractivity contribution >= 4 is 58.2 Å². The van der Waals surface area contributed by atoms with Gasteiger partial charge in [-0.15, -0.1) is 0 Å². The highest BCUT2D eigenvalue weighted by atomic mass is 35.5. The lowest BCUT2D eigenvalue weighted by Crippen LogP contribution is -2.61. The Kier molecular flexibility index (Phi) is 8.30. The van der Waals surface area contributed by atoms with Crippen LogP contribution in [0.5, 0.6) is 5.75 Å². The van der Waals surface area contributed by atoms with Crippen molar-refractivity contribution in [2.45, 2.75) is 6.04 Å². The summed E-state index contributed by atoms with van der Waals surface area (Å²) in [6, 6.07) is 7.39. The van der Waals surface area contributed by atoms with Gasteiger partial charge >= 0.3 is 0 Å². The Hall–Kier alpha value is -2.94. The van der Waals surface area contributed by atoms with E-state index in [2.05, 4.69) is 11.9 Å². The van der Waals surface area contributed by atoms with E-state index in [1.165, 1.54) is 16.9 Å². The molecule has 0 spiro atoms. The molecule has 1 saturated heterocycles. The number of carbonyl (C=O) groups is 3. The number of anilines is 1. The summed E-state index contributed by atoms with van der Waals surface area (Å²) < 4.78 is 5.40. The molecular weight excluding hydrogens is 503 g/mol. The third-order valence-corrected chi connectivity index (χ3v) is 6.33. The third-order valence-electron chi connectivity index (χ3n) is 5.45. The summed E-state index contributed by atoms with van der Waals surface area (Å²) in [5, 5.41) is 4.36. The molecule has 3 rings (SSSR count). The minimum Gasteiger partial charge on any atom is -0.495 e. The molecule has 0 aliphatic carbocycles. The molecule has 11 heteroatoms. The topological polar surface area (TPSA) is 105 Å². The van der Waals surface area contributed by atoms with Gasteiger partial charge in [-0.2, -0.15) is 0 Å². The summed E-state index contributed by atoms with van der Waals surface area (Å²) in [5.74, 6) is -0.979. The molecule has 2 aromatic carbocycles. The smallest absolute Gasteiger partial charge is 0.246 e. The highest BCUT2D eigenvalue weighted by molar-refractivity contribution is 6.37. The standard InChI is InChI=1S/C23H23Cl3N4O4/c1-3-21(31)29-6-7-30(19(12-29)23(27)33)22(32)11-28-18-9-15(17(26)10-20(18)34-2)14-8-13(24)4-5-16(14)25/h3-5,8-10,19,28H,1,6-7,11-12H2,2H3,(H2,27,33).